The Morgan fingerprint density at radius 2 is 2.00 bits per heavy atom. The van der Waals surface area contributed by atoms with Crippen LogP contribution >= 0.6 is 0 Å². The summed E-state index contributed by atoms with van der Waals surface area (Å²) in [7, 11) is 0. The van der Waals surface area contributed by atoms with Crippen molar-refractivity contribution in [2.75, 3.05) is 0 Å². The molecule has 5 heteroatoms. The lowest BCUT2D eigenvalue weighted by molar-refractivity contribution is 0.563. The summed E-state index contributed by atoms with van der Waals surface area (Å²) >= 11 is 0. The topological polar surface area (TPSA) is 55.6 Å². The number of nitrogens with zero attached hydrogens (tertiary/aromatic N) is 4. The van der Waals surface area contributed by atoms with Crippen LogP contribution in [0.5, 0.6) is 0 Å². The van der Waals surface area contributed by atoms with E-state index in [1.54, 1.807) is 4.68 Å². The Balaban J connectivity index is 2.19. The lowest BCUT2D eigenvalue weighted by Crippen LogP contribution is -2.24. The SMILES string of the molecule is CC(C)NCc1nnnn1-c1ccccc1. The van der Waals surface area contributed by atoms with E-state index in [0.29, 0.717) is 12.6 Å². The van der Waals surface area contributed by atoms with Crippen LogP contribution in [0.25, 0.3) is 5.69 Å². The van der Waals surface area contributed by atoms with E-state index in [0.717, 1.165) is 11.5 Å². The van der Waals surface area contributed by atoms with E-state index in [-0.39, 0.29) is 0 Å². The molecule has 0 aliphatic carbocycles. The highest BCUT2D eigenvalue weighted by Gasteiger charge is 2.07. The molecule has 0 fully saturated rings. The van der Waals surface area contributed by atoms with E-state index in [2.05, 4.69) is 34.7 Å². The monoisotopic (exact) mass is 217 g/mol. The van der Waals surface area contributed by atoms with Crippen LogP contribution in [0, 0.1) is 0 Å². The molecule has 0 aliphatic heterocycles. The third-order valence-corrected chi connectivity index (χ3v) is 2.20. The number of hydrogen-bond donors (Lipinski definition) is 1. The maximum Gasteiger partial charge on any atom is 0.170 e. The molecule has 0 saturated heterocycles. The van der Waals surface area contributed by atoms with Crippen molar-refractivity contribution in [3.8, 4) is 5.69 Å². The second-order valence-corrected chi connectivity index (χ2v) is 3.88. The zero-order valence-corrected chi connectivity index (χ0v) is 9.46. The van der Waals surface area contributed by atoms with Gasteiger partial charge in [0.25, 0.3) is 0 Å². The van der Waals surface area contributed by atoms with Gasteiger partial charge in [0.05, 0.1) is 12.2 Å². The Hall–Kier alpha value is -1.75. The molecule has 0 saturated carbocycles. The normalized spacial score (nSPS) is 10.9. The van der Waals surface area contributed by atoms with Gasteiger partial charge in [-0.1, -0.05) is 32.0 Å². The second-order valence-electron chi connectivity index (χ2n) is 3.88. The largest absolute Gasteiger partial charge is 0.308 e. The summed E-state index contributed by atoms with van der Waals surface area (Å²) in [5.41, 5.74) is 0.980. The smallest absolute Gasteiger partial charge is 0.170 e. The van der Waals surface area contributed by atoms with Gasteiger partial charge in [-0.2, -0.15) is 4.68 Å². The van der Waals surface area contributed by atoms with Gasteiger partial charge in [0.1, 0.15) is 0 Å². The molecule has 84 valence electrons. The summed E-state index contributed by atoms with van der Waals surface area (Å²) in [6, 6.07) is 10.3. The van der Waals surface area contributed by atoms with E-state index >= 15 is 0 Å². The molecule has 0 spiro atoms. The summed E-state index contributed by atoms with van der Waals surface area (Å²) in [5.74, 6) is 0.819. The number of rotatable bonds is 4. The van der Waals surface area contributed by atoms with Crippen molar-refractivity contribution in [1.82, 2.24) is 25.5 Å². The van der Waals surface area contributed by atoms with E-state index in [1.165, 1.54) is 0 Å². The standard InChI is InChI=1S/C11H15N5/c1-9(2)12-8-11-13-14-15-16(11)10-6-4-3-5-7-10/h3-7,9,12H,8H2,1-2H3. The minimum Gasteiger partial charge on any atom is -0.308 e. The molecule has 1 aromatic heterocycles. The van der Waals surface area contributed by atoms with Crippen LogP contribution in [0.3, 0.4) is 0 Å². The number of benzene rings is 1. The molecule has 0 atom stereocenters. The van der Waals surface area contributed by atoms with Crippen molar-refractivity contribution in [2.24, 2.45) is 0 Å². The molecule has 2 aromatic rings. The first-order valence-electron chi connectivity index (χ1n) is 5.33. The molecule has 0 bridgehead atoms. The summed E-state index contributed by atoms with van der Waals surface area (Å²) in [6.07, 6.45) is 0. The number of aromatic nitrogens is 4. The Morgan fingerprint density at radius 3 is 2.69 bits per heavy atom. The van der Waals surface area contributed by atoms with Crippen LogP contribution in [0.2, 0.25) is 0 Å². The maximum atomic E-state index is 4.00. The fraction of sp³-hybridized carbons (Fsp3) is 0.364. The van der Waals surface area contributed by atoms with Gasteiger partial charge in [0.15, 0.2) is 5.82 Å². The first-order chi connectivity index (χ1) is 7.77. The summed E-state index contributed by atoms with van der Waals surface area (Å²) in [6.45, 7) is 4.85. The van der Waals surface area contributed by atoms with Crippen molar-refractivity contribution in [2.45, 2.75) is 26.4 Å². The molecule has 0 aliphatic rings. The van der Waals surface area contributed by atoms with Gasteiger partial charge >= 0.3 is 0 Å². The number of tetrazole rings is 1. The molecular formula is C11H15N5. The van der Waals surface area contributed by atoms with E-state index in [1.807, 2.05) is 30.3 Å². The number of para-hydroxylation sites is 1. The van der Waals surface area contributed by atoms with Crippen molar-refractivity contribution in [1.29, 1.82) is 0 Å². The fourth-order valence-corrected chi connectivity index (χ4v) is 1.38. The Bertz CT molecular complexity index is 435. The van der Waals surface area contributed by atoms with Gasteiger partial charge in [0.2, 0.25) is 0 Å². The Morgan fingerprint density at radius 1 is 1.25 bits per heavy atom. The van der Waals surface area contributed by atoms with Crippen molar-refractivity contribution >= 4 is 0 Å². The fourth-order valence-electron chi connectivity index (χ4n) is 1.38. The highest BCUT2D eigenvalue weighted by atomic mass is 15.5. The maximum absolute atomic E-state index is 4.00. The van der Waals surface area contributed by atoms with Crippen molar-refractivity contribution in [3.63, 3.8) is 0 Å². The van der Waals surface area contributed by atoms with Crippen LogP contribution in [-0.4, -0.2) is 26.2 Å². The molecule has 5 nitrogen and oxygen atoms in total. The van der Waals surface area contributed by atoms with E-state index in [9.17, 15) is 0 Å². The first-order valence-corrected chi connectivity index (χ1v) is 5.33. The minimum atomic E-state index is 0.418. The van der Waals surface area contributed by atoms with Crippen LogP contribution in [0.1, 0.15) is 19.7 Å². The van der Waals surface area contributed by atoms with Gasteiger partial charge in [-0.15, -0.1) is 5.10 Å². The highest BCUT2D eigenvalue weighted by Crippen LogP contribution is 2.06. The van der Waals surface area contributed by atoms with Crippen molar-refractivity contribution < 1.29 is 0 Å². The predicted octanol–water partition coefficient (Wildman–Crippen LogP) is 1.16. The molecule has 0 amide bonds. The summed E-state index contributed by atoms with van der Waals surface area (Å²) < 4.78 is 1.75. The summed E-state index contributed by atoms with van der Waals surface area (Å²) in [4.78, 5) is 0. The lowest BCUT2D eigenvalue weighted by Gasteiger charge is -2.07. The van der Waals surface area contributed by atoms with Gasteiger partial charge in [-0.25, -0.2) is 0 Å². The molecule has 1 heterocycles. The zero-order valence-electron chi connectivity index (χ0n) is 9.46. The zero-order chi connectivity index (χ0) is 11.4. The van der Waals surface area contributed by atoms with Gasteiger partial charge < -0.3 is 5.32 Å². The van der Waals surface area contributed by atoms with Gasteiger partial charge in [0, 0.05) is 6.04 Å². The Kier molecular flexibility index (Phi) is 3.26. The van der Waals surface area contributed by atoms with Crippen LogP contribution in [0.15, 0.2) is 30.3 Å². The Labute approximate surface area is 94.5 Å². The molecule has 16 heavy (non-hydrogen) atoms. The molecule has 2 rings (SSSR count). The molecule has 0 unspecified atom stereocenters. The predicted molar refractivity (Wildman–Crippen MR) is 61.1 cm³/mol. The van der Waals surface area contributed by atoms with Crippen LogP contribution in [0.4, 0.5) is 0 Å². The molecule has 0 radical (unpaired) electrons. The van der Waals surface area contributed by atoms with Crippen LogP contribution in [-0.2, 0) is 6.54 Å². The van der Waals surface area contributed by atoms with E-state index in [4.69, 9.17) is 0 Å². The molecular weight excluding hydrogens is 202 g/mol. The second kappa shape index (κ2) is 4.85. The average Bonchev–Trinajstić information content (AvgIpc) is 2.75. The van der Waals surface area contributed by atoms with Crippen molar-refractivity contribution in [3.05, 3.63) is 36.2 Å². The molecule has 1 N–H and O–H groups in total. The third kappa shape index (κ3) is 2.43. The van der Waals surface area contributed by atoms with Gasteiger partial charge in [-0.3, -0.25) is 0 Å². The molecule has 1 aromatic carbocycles. The lowest BCUT2D eigenvalue weighted by atomic mass is 10.3. The third-order valence-electron chi connectivity index (χ3n) is 2.20. The quantitative estimate of drug-likeness (QED) is 0.835. The van der Waals surface area contributed by atoms with Crippen LogP contribution < -0.4 is 5.32 Å². The number of nitrogens with one attached hydrogen (secondary N) is 1. The average molecular weight is 217 g/mol. The summed E-state index contributed by atoms with van der Waals surface area (Å²) in [5, 5.41) is 15.0. The number of hydrogen-bond acceptors (Lipinski definition) is 4. The van der Waals surface area contributed by atoms with E-state index < -0.39 is 0 Å². The van der Waals surface area contributed by atoms with Gasteiger partial charge in [-0.05, 0) is 22.6 Å². The highest BCUT2D eigenvalue weighted by molar-refractivity contribution is 5.30. The minimum absolute atomic E-state index is 0.418. The first kappa shape index (κ1) is 10.8.